The lowest BCUT2D eigenvalue weighted by Gasteiger charge is -2.22. The fourth-order valence-electron chi connectivity index (χ4n) is 3.64. The van der Waals surface area contributed by atoms with Crippen LogP contribution in [-0.2, 0) is 16.0 Å². The minimum Gasteiger partial charge on any atom is -0.496 e. The standard InChI is InChI=1S/C20H31N3O3/c1-14(2)17-11-23(12-18(17)22-15(3)24)13-20(25)21-10-9-16-7-5-6-8-19(16)26-4/h5-8,14,17-18H,9-13H2,1-4H3,(H,21,25)(H,22,24)/t17-,18+/m0/s1. The number of nitrogens with zero attached hydrogens (tertiary/aromatic N) is 1. The molecule has 1 fully saturated rings. The fourth-order valence-corrected chi connectivity index (χ4v) is 3.64. The molecule has 0 aromatic heterocycles. The Labute approximate surface area is 156 Å². The van der Waals surface area contributed by atoms with Gasteiger partial charge in [-0.1, -0.05) is 32.0 Å². The van der Waals surface area contributed by atoms with Gasteiger partial charge >= 0.3 is 0 Å². The second kappa shape index (κ2) is 9.57. The highest BCUT2D eigenvalue weighted by Crippen LogP contribution is 2.24. The van der Waals surface area contributed by atoms with Gasteiger partial charge in [-0.25, -0.2) is 0 Å². The summed E-state index contributed by atoms with van der Waals surface area (Å²) in [4.78, 5) is 25.8. The van der Waals surface area contributed by atoms with Crippen molar-refractivity contribution in [3.05, 3.63) is 29.8 Å². The number of benzene rings is 1. The van der Waals surface area contributed by atoms with Crippen molar-refractivity contribution >= 4 is 11.8 Å². The van der Waals surface area contributed by atoms with Crippen LogP contribution in [0.3, 0.4) is 0 Å². The van der Waals surface area contributed by atoms with Gasteiger partial charge in [-0.05, 0) is 29.9 Å². The molecule has 0 spiro atoms. The molecule has 2 rings (SSSR count). The topological polar surface area (TPSA) is 70.7 Å². The summed E-state index contributed by atoms with van der Waals surface area (Å²) in [5.74, 6) is 1.69. The average molecular weight is 361 g/mol. The summed E-state index contributed by atoms with van der Waals surface area (Å²) in [7, 11) is 1.65. The summed E-state index contributed by atoms with van der Waals surface area (Å²) in [6.07, 6.45) is 0.735. The Morgan fingerprint density at radius 3 is 2.65 bits per heavy atom. The van der Waals surface area contributed by atoms with Crippen molar-refractivity contribution < 1.29 is 14.3 Å². The molecule has 0 aliphatic carbocycles. The molecule has 1 heterocycles. The number of ether oxygens (including phenoxy) is 1. The van der Waals surface area contributed by atoms with Gasteiger partial charge in [0.1, 0.15) is 5.75 Å². The zero-order valence-electron chi connectivity index (χ0n) is 16.2. The number of carbonyl (C=O) groups is 2. The minimum atomic E-state index is -0.0104. The first-order valence-corrected chi connectivity index (χ1v) is 9.28. The van der Waals surface area contributed by atoms with E-state index in [9.17, 15) is 9.59 Å². The summed E-state index contributed by atoms with van der Waals surface area (Å²) in [5, 5.41) is 6.01. The molecular weight excluding hydrogens is 330 g/mol. The highest BCUT2D eigenvalue weighted by molar-refractivity contribution is 5.78. The van der Waals surface area contributed by atoms with Crippen LogP contribution < -0.4 is 15.4 Å². The van der Waals surface area contributed by atoms with Gasteiger partial charge in [0.05, 0.1) is 13.7 Å². The van der Waals surface area contributed by atoms with E-state index in [0.717, 1.165) is 30.8 Å². The van der Waals surface area contributed by atoms with E-state index in [1.807, 2.05) is 24.3 Å². The van der Waals surface area contributed by atoms with Crippen molar-refractivity contribution in [2.45, 2.75) is 33.2 Å². The van der Waals surface area contributed by atoms with Crippen LogP contribution in [0.2, 0.25) is 0 Å². The molecule has 0 saturated carbocycles. The molecule has 2 atom stereocenters. The van der Waals surface area contributed by atoms with E-state index in [0.29, 0.717) is 24.9 Å². The number of hydrogen-bond acceptors (Lipinski definition) is 4. The van der Waals surface area contributed by atoms with Crippen molar-refractivity contribution in [1.29, 1.82) is 0 Å². The quantitative estimate of drug-likeness (QED) is 0.735. The van der Waals surface area contributed by atoms with Gasteiger partial charge in [-0.15, -0.1) is 0 Å². The van der Waals surface area contributed by atoms with Gasteiger partial charge < -0.3 is 15.4 Å². The predicted molar refractivity (Wildman–Crippen MR) is 102 cm³/mol. The first kappa shape index (κ1) is 20.2. The first-order valence-electron chi connectivity index (χ1n) is 9.28. The molecule has 2 amide bonds. The zero-order valence-corrected chi connectivity index (χ0v) is 16.2. The molecule has 6 heteroatoms. The molecule has 1 aromatic rings. The Morgan fingerprint density at radius 2 is 2.00 bits per heavy atom. The lowest BCUT2D eigenvalue weighted by molar-refractivity contribution is -0.122. The number of likely N-dealkylation sites (tertiary alicyclic amines) is 1. The van der Waals surface area contributed by atoms with Gasteiger partial charge in [0, 0.05) is 32.6 Å². The van der Waals surface area contributed by atoms with Gasteiger partial charge in [0.15, 0.2) is 0 Å². The third-order valence-electron chi connectivity index (χ3n) is 4.96. The summed E-state index contributed by atoms with van der Waals surface area (Å²) in [6, 6.07) is 7.96. The fraction of sp³-hybridized carbons (Fsp3) is 0.600. The maximum absolute atomic E-state index is 12.3. The number of carbonyl (C=O) groups excluding carboxylic acids is 2. The number of para-hydroxylation sites is 1. The number of hydrogen-bond donors (Lipinski definition) is 2. The summed E-state index contributed by atoms with van der Waals surface area (Å²) < 4.78 is 5.33. The van der Waals surface area contributed by atoms with E-state index in [4.69, 9.17) is 4.74 Å². The molecule has 0 unspecified atom stereocenters. The van der Waals surface area contributed by atoms with Crippen molar-refractivity contribution in [3.63, 3.8) is 0 Å². The van der Waals surface area contributed by atoms with Crippen LogP contribution in [0.4, 0.5) is 0 Å². The van der Waals surface area contributed by atoms with Crippen LogP contribution >= 0.6 is 0 Å². The molecule has 1 aliphatic rings. The first-order chi connectivity index (χ1) is 12.4. The van der Waals surface area contributed by atoms with Crippen LogP contribution in [0.5, 0.6) is 5.75 Å². The van der Waals surface area contributed by atoms with E-state index in [-0.39, 0.29) is 17.9 Å². The van der Waals surface area contributed by atoms with Crippen LogP contribution in [0.25, 0.3) is 0 Å². The molecule has 26 heavy (non-hydrogen) atoms. The van der Waals surface area contributed by atoms with E-state index < -0.39 is 0 Å². The number of methoxy groups -OCH3 is 1. The van der Waals surface area contributed by atoms with E-state index in [1.54, 1.807) is 14.0 Å². The molecule has 0 radical (unpaired) electrons. The van der Waals surface area contributed by atoms with E-state index in [2.05, 4.69) is 29.4 Å². The summed E-state index contributed by atoms with van der Waals surface area (Å²) >= 11 is 0. The second-order valence-corrected chi connectivity index (χ2v) is 7.32. The van der Waals surface area contributed by atoms with E-state index in [1.165, 1.54) is 0 Å². The Hall–Kier alpha value is -2.08. The smallest absolute Gasteiger partial charge is 0.234 e. The average Bonchev–Trinajstić information content (AvgIpc) is 2.97. The third kappa shape index (κ3) is 5.73. The summed E-state index contributed by atoms with van der Waals surface area (Å²) in [6.45, 7) is 8.38. The number of amides is 2. The molecule has 1 aliphatic heterocycles. The van der Waals surface area contributed by atoms with E-state index >= 15 is 0 Å². The van der Waals surface area contributed by atoms with Gasteiger partial charge in [-0.2, -0.15) is 0 Å². The normalized spacial score (nSPS) is 20.2. The minimum absolute atomic E-state index is 0.0104. The highest BCUT2D eigenvalue weighted by atomic mass is 16.5. The molecule has 0 bridgehead atoms. The van der Waals surface area contributed by atoms with Crippen LogP contribution in [0.1, 0.15) is 26.3 Å². The van der Waals surface area contributed by atoms with Gasteiger partial charge in [0.25, 0.3) is 0 Å². The largest absolute Gasteiger partial charge is 0.496 e. The highest BCUT2D eigenvalue weighted by Gasteiger charge is 2.35. The third-order valence-corrected chi connectivity index (χ3v) is 4.96. The Morgan fingerprint density at radius 1 is 1.27 bits per heavy atom. The van der Waals surface area contributed by atoms with Crippen LogP contribution in [-0.4, -0.2) is 56.0 Å². The molecule has 1 aromatic carbocycles. The van der Waals surface area contributed by atoms with Crippen molar-refractivity contribution in [1.82, 2.24) is 15.5 Å². The maximum Gasteiger partial charge on any atom is 0.234 e. The van der Waals surface area contributed by atoms with Crippen LogP contribution in [0.15, 0.2) is 24.3 Å². The predicted octanol–water partition coefficient (Wildman–Crippen LogP) is 1.45. The monoisotopic (exact) mass is 361 g/mol. The Kier molecular flexibility index (Phi) is 7.45. The molecule has 6 nitrogen and oxygen atoms in total. The van der Waals surface area contributed by atoms with Crippen molar-refractivity contribution in [3.8, 4) is 5.75 Å². The molecular formula is C20H31N3O3. The van der Waals surface area contributed by atoms with Crippen molar-refractivity contribution in [2.75, 3.05) is 33.3 Å². The van der Waals surface area contributed by atoms with Crippen molar-refractivity contribution in [2.24, 2.45) is 11.8 Å². The molecule has 144 valence electrons. The molecule has 2 N–H and O–H groups in total. The number of nitrogens with one attached hydrogen (secondary N) is 2. The lowest BCUT2D eigenvalue weighted by atomic mass is 9.91. The second-order valence-electron chi connectivity index (χ2n) is 7.32. The van der Waals surface area contributed by atoms with Gasteiger partial charge in [0.2, 0.25) is 11.8 Å². The van der Waals surface area contributed by atoms with Crippen LogP contribution in [0, 0.1) is 11.8 Å². The Balaban J connectivity index is 1.79. The Bertz CT molecular complexity index is 618. The summed E-state index contributed by atoms with van der Waals surface area (Å²) in [5.41, 5.74) is 1.09. The lowest BCUT2D eigenvalue weighted by Crippen LogP contribution is -2.41. The zero-order chi connectivity index (χ0) is 19.1. The molecule has 1 saturated heterocycles. The SMILES string of the molecule is COc1ccccc1CCNC(=O)CN1C[C@@H](NC(C)=O)[C@H](C(C)C)C1. The number of rotatable bonds is 8. The maximum atomic E-state index is 12.3. The van der Waals surface area contributed by atoms with Gasteiger partial charge in [-0.3, -0.25) is 14.5 Å².